The van der Waals surface area contributed by atoms with E-state index in [-0.39, 0.29) is 18.4 Å². The molecule has 7 nitrogen and oxygen atoms in total. The van der Waals surface area contributed by atoms with E-state index in [1.807, 2.05) is 47.6 Å². The number of nitriles is 1. The summed E-state index contributed by atoms with van der Waals surface area (Å²) >= 11 is 0. The smallest absolute Gasteiger partial charge is 0.303 e. The van der Waals surface area contributed by atoms with Crippen LogP contribution in [0, 0.1) is 11.5 Å². The van der Waals surface area contributed by atoms with Crippen LogP contribution in [-0.2, 0) is 4.79 Å². The van der Waals surface area contributed by atoms with E-state index >= 15 is 0 Å². The van der Waals surface area contributed by atoms with Gasteiger partial charge in [0.05, 0.1) is 0 Å². The molecule has 0 atom stereocenters. The number of carbonyl (C=O) groups is 1. The second-order valence-corrected chi connectivity index (χ2v) is 8.63. The van der Waals surface area contributed by atoms with Crippen LogP contribution in [0.2, 0.25) is 0 Å². The summed E-state index contributed by atoms with van der Waals surface area (Å²) in [7, 11) is 0. The summed E-state index contributed by atoms with van der Waals surface area (Å²) in [6.45, 7) is 0. The first-order valence-electron chi connectivity index (χ1n) is 12.0. The Hall–Kier alpha value is -3.66. The first-order chi connectivity index (χ1) is 16.6. The molecule has 0 unspecified atom stereocenters. The molecule has 0 saturated heterocycles. The molecule has 3 N–H and O–H groups in total. The van der Waals surface area contributed by atoms with Gasteiger partial charge in [0, 0.05) is 36.1 Å². The number of hydrogen-bond donors (Lipinski definition) is 2. The third-order valence-corrected chi connectivity index (χ3v) is 6.20. The van der Waals surface area contributed by atoms with Crippen LogP contribution < -0.4 is 10.6 Å². The lowest BCUT2D eigenvalue weighted by atomic mass is 9.94. The minimum Gasteiger partial charge on any atom is -0.481 e. The molecule has 2 aromatic rings. The molecule has 0 radical (unpaired) electrons. The summed E-state index contributed by atoms with van der Waals surface area (Å²) < 4.78 is 0. The zero-order chi connectivity index (χ0) is 24.2. The van der Waals surface area contributed by atoms with Crippen molar-refractivity contribution in [1.82, 2.24) is 4.98 Å². The van der Waals surface area contributed by atoms with Crippen molar-refractivity contribution in [3.8, 4) is 6.19 Å². The van der Waals surface area contributed by atoms with Crippen LogP contribution >= 0.6 is 0 Å². The van der Waals surface area contributed by atoms with E-state index in [0.717, 1.165) is 48.1 Å². The number of carboxylic acids is 1. The first kappa shape index (κ1) is 25.0. The Morgan fingerprint density at radius 3 is 2.59 bits per heavy atom. The average Bonchev–Trinajstić information content (AvgIpc) is 2.81. The van der Waals surface area contributed by atoms with Crippen LogP contribution in [0.5, 0.6) is 0 Å². The van der Waals surface area contributed by atoms with Gasteiger partial charge in [-0.15, -0.1) is 4.99 Å². The van der Waals surface area contributed by atoms with Crippen LogP contribution in [0.15, 0.2) is 59.9 Å². The van der Waals surface area contributed by atoms with Crippen molar-refractivity contribution in [3.63, 3.8) is 0 Å². The van der Waals surface area contributed by atoms with E-state index in [9.17, 15) is 10.1 Å². The minimum atomic E-state index is -0.791. The quantitative estimate of drug-likeness (QED) is 0.234. The summed E-state index contributed by atoms with van der Waals surface area (Å²) in [5, 5.41) is 18.2. The number of unbranched alkanes of at least 4 members (excludes halogenated alkanes) is 1. The second-order valence-electron chi connectivity index (χ2n) is 8.63. The number of anilines is 1. The molecular weight excluding hydrogens is 426 g/mol. The summed E-state index contributed by atoms with van der Waals surface area (Å²) in [6.07, 6.45) is 16.8. The number of aromatic nitrogens is 1. The van der Waals surface area contributed by atoms with Gasteiger partial charge in [0.15, 0.2) is 0 Å². The van der Waals surface area contributed by atoms with E-state index in [2.05, 4.69) is 22.1 Å². The first-order valence-corrected chi connectivity index (χ1v) is 12.0. The summed E-state index contributed by atoms with van der Waals surface area (Å²) in [5.41, 5.74) is 10.2. The summed E-state index contributed by atoms with van der Waals surface area (Å²) in [4.78, 5) is 21.1. The number of benzene rings is 1. The van der Waals surface area contributed by atoms with Gasteiger partial charge in [0.2, 0.25) is 12.2 Å². The van der Waals surface area contributed by atoms with E-state index in [4.69, 9.17) is 10.8 Å². The largest absolute Gasteiger partial charge is 0.481 e. The lowest BCUT2D eigenvalue weighted by Gasteiger charge is -2.34. The van der Waals surface area contributed by atoms with Crippen LogP contribution in [0.3, 0.4) is 0 Å². The third-order valence-electron chi connectivity index (χ3n) is 6.20. The Kier molecular flexibility index (Phi) is 9.65. The van der Waals surface area contributed by atoms with E-state index in [1.54, 1.807) is 6.20 Å². The molecule has 0 amide bonds. The number of guanidine groups is 1. The van der Waals surface area contributed by atoms with Gasteiger partial charge < -0.3 is 15.7 Å². The van der Waals surface area contributed by atoms with Crippen LogP contribution in [0.1, 0.15) is 75.3 Å². The maximum absolute atomic E-state index is 10.9. The molecule has 1 aliphatic carbocycles. The Morgan fingerprint density at radius 1 is 1.18 bits per heavy atom. The standard InChI is InChI=1S/C27H33N5O2/c28-20-31-27(29)32(23-12-4-2-1-3-5-13-23)24-14-8-10-21(18-24)25(15-6-7-16-26(33)34)22-11-9-17-30-19-22/h8-11,14-15,17-19,23H,1-7,12-13,16H2,(H2,29,31)(H,33,34)/b25-15+. The van der Waals surface area contributed by atoms with Crippen molar-refractivity contribution < 1.29 is 9.90 Å². The van der Waals surface area contributed by atoms with Crippen molar-refractivity contribution >= 4 is 23.2 Å². The lowest BCUT2D eigenvalue weighted by molar-refractivity contribution is -0.137. The molecule has 1 fully saturated rings. The zero-order valence-electron chi connectivity index (χ0n) is 19.6. The Labute approximate surface area is 201 Å². The summed E-state index contributed by atoms with van der Waals surface area (Å²) in [6, 6.07) is 12.2. The molecule has 7 heteroatoms. The number of allylic oxidation sites excluding steroid dienone is 1. The maximum Gasteiger partial charge on any atom is 0.303 e. The van der Waals surface area contributed by atoms with Gasteiger partial charge in [-0.2, -0.15) is 5.26 Å². The molecule has 1 aliphatic rings. The summed E-state index contributed by atoms with van der Waals surface area (Å²) in [5.74, 6) is -0.570. The Bertz CT molecular complexity index is 1030. The molecule has 0 spiro atoms. The highest BCUT2D eigenvalue weighted by Crippen LogP contribution is 2.31. The number of rotatable bonds is 8. The fraction of sp³-hybridized carbons (Fsp3) is 0.407. The molecule has 0 bridgehead atoms. The van der Waals surface area contributed by atoms with Gasteiger partial charge in [-0.1, -0.05) is 56.4 Å². The van der Waals surface area contributed by atoms with Gasteiger partial charge in [0.25, 0.3) is 0 Å². The molecule has 1 aromatic heterocycles. The SMILES string of the molecule is N#CN=C(N)N(c1cccc(/C(=C\CCCC(=O)O)c2cccnc2)c1)C1CCCCCCC1. The monoisotopic (exact) mass is 459 g/mol. The van der Waals surface area contributed by atoms with Crippen LogP contribution in [0.4, 0.5) is 5.69 Å². The number of hydrogen-bond acceptors (Lipinski definition) is 4. The number of pyridine rings is 1. The minimum absolute atomic E-state index is 0.132. The van der Waals surface area contributed by atoms with Crippen LogP contribution in [0.25, 0.3) is 5.57 Å². The van der Waals surface area contributed by atoms with Crippen molar-refractivity contribution in [3.05, 3.63) is 66.0 Å². The average molecular weight is 460 g/mol. The molecular formula is C27H33N5O2. The van der Waals surface area contributed by atoms with E-state index < -0.39 is 5.97 Å². The van der Waals surface area contributed by atoms with E-state index in [0.29, 0.717) is 12.8 Å². The van der Waals surface area contributed by atoms with Gasteiger partial charge >= 0.3 is 5.97 Å². The van der Waals surface area contributed by atoms with Crippen molar-refractivity contribution in [1.29, 1.82) is 5.26 Å². The van der Waals surface area contributed by atoms with Crippen molar-refractivity contribution in [2.24, 2.45) is 10.7 Å². The number of nitrogens with zero attached hydrogens (tertiary/aromatic N) is 4. The van der Waals surface area contributed by atoms with Gasteiger partial charge in [-0.3, -0.25) is 9.78 Å². The number of carboxylic acid groups (broad SMARTS) is 1. The molecule has 0 aliphatic heterocycles. The normalized spacial score (nSPS) is 15.7. The molecule has 34 heavy (non-hydrogen) atoms. The Balaban J connectivity index is 1.98. The number of nitrogens with two attached hydrogens (primary N) is 1. The molecule has 1 saturated carbocycles. The fourth-order valence-corrected chi connectivity index (χ4v) is 4.58. The molecule has 3 rings (SSSR count). The predicted octanol–water partition coefficient (Wildman–Crippen LogP) is 5.48. The van der Waals surface area contributed by atoms with Gasteiger partial charge in [-0.25, -0.2) is 0 Å². The molecule has 178 valence electrons. The Morgan fingerprint density at radius 2 is 1.91 bits per heavy atom. The van der Waals surface area contributed by atoms with Crippen molar-refractivity contribution in [2.75, 3.05) is 4.90 Å². The highest BCUT2D eigenvalue weighted by atomic mass is 16.4. The second kappa shape index (κ2) is 13.1. The predicted molar refractivity (Wildman–Crippen MR) is 135 cm³/mol. The van der Waals surface area contributed by atoms with E-state index in [1.165, 1.54) is 19.3 Å². The van der Waals surface area contributed by atoms with Crippen LogP contribution in [-0.4, -0.2) is 28.1 Å². The number of aliphatic carboxylic acids is 1. The fourth-order valence-electron chi connectivity index (χ4n) is 4.58. The number of aliphatic imine (C=N–C) groups is 1. The highest BCUT2D eigenvalue weighted by molar-refractivity contribution is 5.96. The maximum atomic E-state index is 10.9. The zero-order valence-corrected chi connectivity index (χ0v) is 19.6. The third kappa shape index (κ3) is 7.17. The topological polar surface area (TPSA) is 116 Å². The molecule has 1 aromatic carbocycles. The van der Waals surface area contributed by atoms with Gasteiger partial charge in [-0.05, 0) is 55.0 Å². The highest BCUT2D eigenvalue weighted by Gasteiger charge is 2.23. The van der Waals surface area contributed by atoms with Crippen molar-refractivity contribution in [2.45, 2.75) is 70.3 Å². The van der Waals surface area contributed by atoms with Gasteiger partial charge in [0.1, 0.15) is 0 Å². The lowest BCUT2D eigenvalue weighted by Crippen LogP contribution is -2.45. The molecule has 1 heterocycles.